The van der Waals surface area contributed by atoms with E-state index in [2.05, 4.69) is 71.5 Å². The molecule has 0 radical (unpaired) electrons. The second-order valence-corrected chi connectivity index (χ2v) is 5.48. The Bertz CT molecular complexity index is 534. The maximum atomic E-state index is 3.57. The zero-order valence-corrected chi connectivity index (χ0v) is 12.4. The standard InChI is InChI=1S/C16H18BrN/c1-12-7-8-13(2)15(9-12)11-18-10-14-5-3-4-6-16(14)17/h3-9,18H,10-11H2,1-2H3. The van der Waals surface area contributed by atoms with Gasteiger partial charge in [-0.25, -0.2) is 0 Å². The van der Waals surface area contributed by atoms with E-state index in [0.717, 1.165) is 13.1 Å². The molecule has 0 fully saturated rings. The van der Waals surface area contributed by atoms with Crippen LogP contribution >= 0.6 is 15.9 Å². The van der Waals surface area contributed by atoms with Crippen molar-refractivity contribution in [2.75, 3.05) is 0 Å². The first-order valence-electron chi connectivity index (χ1n) is 6.17. The Morgan fingerprint density at radius 1 is 0.944 bits per heavy atom. The van der Waals surface area contributed by atoms with Crippen molar-refractivity contribution in [3.05, 3.63) is 69.2 Å². The number of hydrogen-bond acceptors (Lipinski definition) is 1. The SMILES string of the molecule is Cc1ccc(C)c(CNCc2ccccc2Br)c1. The van der Waals surface area contributed by atoms with Crippen molar-refractivity contribution in [2.24, 2.45) is 0 Å². The molecule has 0 bridgehead atoms. The average Bonchev–Trinajstić information content (AvgIpc) is 2.36. The van der Waals surface area contributed by atoms with Crippen molar-refractivity contribution in [3.8, 4) is 0 Å². The fraction of sp³-hybridized carbons (Fsp3) is 0.250. The van der Waals surface area contributed by atoms with Gasteiger partial charge in [0.15, 0.2) is 0 Å². The largest absolute Gasteiger partial charge is 0.309 e. The highest BCUT2D eigenvalue weighted by Crippen LogP contribution is 2.16. The lowest BCUT2D eigenvalue weighted by Crippen LogP contribution is -2.13. The van der Waals surface area contributed by atoms with Gasteiger partial charge >= 0.3 is 0 Å². The molecule has 2 aromatic carbocycles. The smallest absolute Gasteiger partial charge is 0.0220 e. The average molecular weight is 304 g/mol. The highest BCUT2D eigenvalue weighted by Gasteiger charge is 2.00. The number of hydrogen-bond donors (Lipinski definition) is 1. The molecule has 0 saturated heterocycles. The first-order valence-corrected chi connectivity index (χ1v) is 6.96. The first kappa shape index (κ1) is 13.3. The summed E-state index contributed by atoms with van der Waals surface area (Å²) in [6, 6.07) is 14.9. The zero-order valence-electron chi connectivity index (χ0n) is 10.8. The van der Waals surface area contributed by atoms with Crippen LogP contribution in [0.25, 0.3) is 0 Å². The summed E-state index contributed by atoms with van der Waals surface area (Å²) in [5, 5.41) is 3.50. The van der Waals surface area contributed by atoms with Crippen molar-refractivity contribution in [1.82, 2.24) is 5.32 Å². The summed E-state index contributed by atoms with van der Waals surface area (Å²) in [6.45, 7) is 6.09. The molecule has 2 heteroatoms. The Morgan fingerprint density at radius 3 is 2.44 bits per heavy atom. The van der Waals surface area contributed by atoms with Crippen LogP contribution in [0.3, 0.4) is 0 Å². The summed E-state index contributed by atoms with van der Waals surface area (Å²) in [7, 11) is 0. The van der Waals surface area contributed by atoms with Gasteiger partial charge in [0.05, 0.1) is 0 Å². The third-order valence-corrected chi connectivity index (χ3v) is 3.87. The van der Waals surface area contributed by atoms with Gasteiger partial charge in [-0.15, -0.1) is 0 Å². The van der Waals surface area contributed by atoms with Crippen LogP contribution in [0.2, 0.25) is 0 Å². The third kappa shape index (κ3) is 3.44. The van der Waals surface area contributed by atoms with Crippen molar-refractivity contribution in [2.45, 2.75) is 26.9 Å². The number of rotatable bonds is 4. The molecule has 0 unspecified atom stereocenters. The second-order valence-electron chi connectivity index (χ2n) is 4.62. The van der Waals surface area contributed by atoms with E-state index in [0.29, 0.717) is 0 Å². The molecule has 0 aromatic heterocycles. The topological polar surface area (TPSA) is 12.0 Å². The third-order valence-electron chi connectivity index (χ3n) is 3.09. The Balaban J connectivity index is 1.96. The highest BCUT2D eigenvalue weighted by atomic mass is 79.9. The maximum absolute atomic E-state index is 3.57. The fourth-order valence-corrected chi connectivity index (χ4v) is 2.39. The molecule has 0 heterocycles. The molecule has 0 saturated carbocycles. The van der Waals surface area contributed by atoms with Crippen LogP contribution in [0.5, 0.6) is 0 Å². The van der Waals surface area contributed by atoms with Gasteiger partial charge in [0.1, 0.15) is 0 Å². The predicted octanol–water partition coefficient (Wildman–Crippen LogP) is 4.36. The van der Waals surface area contributed by atoms with Crippen LogP contribution in [0.1, 0.15) is 22.3 Å². The summed E-state index contributed by atoms with van der Waals surface area (Å²) >= 11 is 3.57. The monoisotopic (exact) mass is 303 g/mol. The molecular weight excluding hydrogens is 286 g/mol. The van der Waals surface area contributed by atoms with Gasteiger partial charge in [-0.3, -0.25) is 0 Å². The van der Waals surface area contributed by atoms with Crippen LogP contribution in [0.4, 0.5) is 0 Å². The van der Waals surface area contributed by atoms with Crippen molar-refractivity contribution in [3.63, 3.8) is 0 Å². The number of halogens is 1. The molecule has 0 spiro atoms. The molecule has 1 nitrogen and oxygen atoms in total. The molecular formula is C16H18BrN. The van der Waals surface area contributed by atoms with E-state index in [-0.39, 0.29) is 0 Å². The minimum atomic E-state index is 0.884. The van der Waals surface area contributed by atoms with Crippen molar-refractivity contribution < 1.29 is 0 Å². The molecule has 1 N–H and O–H groups in total. The lowest BCUT2D eigenvalue weighted by Gasteiger charge is -2.10. The molecule has 0 atom stereocenters. The summed E-state index contributed by atoms with van der Waals surface area (Å²) in [4.78, 5) is 0. The first-order chi connectivity index (χ1) is 8.66. The molecule has 0 aliphatic carbocycles. The maximum Gasteiger partial charge on any atom is 0.0220 e. The molecule has 18 heavy (non-hydrogen) atoms. The molecule has 0 amide bonds. The van der Waals surface area contributed by atoms with E-state index in [1.807, 2.05) is 6.07 Å². The predicted molar refractivity (Wildman–Crippen MR) is 80.6 cm³/mol. The Morgan fingerprint density at radius 2 is 1.67 bits per heavy atom. The van der Waals surface area contributed by atoms with Crippen molar-refractivity contribution in [1.29, 1.82) is 0 Å². The van der Waals surface area contributed by atoms with E-state index in [9.17, 15) is 0 Å². The summed E-state index contributed by atoms with van der Waals surface area (Å²) in [6.07, 6.45) is 0. The molecule has 0 aliphatic heterocycles. The summed E-state index contributed by atoms with van der Waals surface area (Å²) in [5.74, 6) is 0. The van der Waals surface area contributed by atoms with Gasteiger partial charge in [0.2, 0.25) is 0 Å². The second kappa shape index (κ2) is 6.17. The highest BCUT2D eigenvalue weighted by molar-refractivity contribution is 9.10. The van der Waals surface area contributed by atoms with Crippen LogP contribution in [-0.4, -0.2) is 0 Å². The van der Waals surface area contributed by atoms with E-state index < -0.39 is 0 Å². The van der Waals surface area contributed by atoms with Gasteiger partial charge < -0.3 is 5.32 Å². The quantitative estimate of drug-likeness (QED) is 0.885. The van der Waals surface area contributed by atoms with E-state index in [1.165, 1.54) is 26.7 Å². The lowest BCUT2D eigenvalue weighted by molar-refractivity contribution is 0.688. The van der Waals surface area contributed by atoms with Crippen molar-refractivity contribution >= 4 is 15.9 Å². The molecule has 2 aromatic rings. The van der Waals surface area contributed by atoms with E-state index in [1.54, 1.807) is 0 Å². The minimum absolute atomic E-state index is 0.884. The normalized spacial score (nSPS) is 10.6. The van der Waals surface area contributed by atoms with Crippen LogP contribution in [0.15, 0.2) is 46.9 Å². The Hall–Kier alpha value is -1.12. The van der Waals surface area contributed by atoms with Crippen LogP contribution < -0.4 is 5.32 Å². The molecule has 94 valence electrons. The number of aryl methyl sites for hydroxylation is 2. The molecule has 0 aliphatic rings. The van der Waals surface area contributed by atoms with Gasteiger partial charge in [-0.2, -0.15) is 0 Å². The molecule has 2 rings (SSSR count). The van der Waals surface area contributed by atoms with Crippen LogP contribution in [-0.2, 0) is 13.1 Å². The number of benzene rings is 2. The van der Waals surface area contributed by atoms with Gasteiger partial charge in [0.25, 0.3) is 0 Å². The van der Waals surface area contributed by atoms with Gasteiger partial charge in [-0.05, 0) is 36.6 Å². The summed E-state index contributed by atoms with van der Waals surface area (Å²) < 4.78 is 1.17. The fourth-order valence-electron chi connectivity index (χ4n) is 1.96. The summed E-state index contributed by atoms with van der Waals surface area (Å²) in [5.41, 5.74) is 5.34. The van der Waals surface area contributed by atoms with E-state index >= 15 is 0 Å². The van der Waals surface area contributed by atoms with Gasteiger partial charge in [-0.1, -0.05) is 57.9 Å². The van der Waals surface area contributed by atoms with Crippen LogP contribution in [0, 0.1) is 13.8 Å². The Labute approximate surface area is 117 Å². The number of nitrogens with one attached hydrogen (secondary N) is 1. The lowest BCUT2D eigenvalue weighted by atomic mass is 10.1. The van der Waals surface area contributed by atoms with E-state index in [4.69, 9.17) is 0 Å². The minimum Gasteiger partial charge on any atom is -0.309 e. The Kier molecular flexibility index (Phi) is 4.56. The van der Waals surface area contributed by atoms with Gasteiger partial charge in [0, 0.05) is 17.6 Å². The zero-order chi connectivity index (χ0) is 13.0.